The molecule has 0 saturated carbocycles. The van der Waals surface area contributed by atoms with E-state index in [0.717, 1.165) is 18.5 Å². The van der Waals surface area contributed by atoms with Gasteiger partial charge in [-0.3, -0.25) is 9.88 Å². The van der Waals surface area contributed by atoms with E-state index in [0.29, 0.717) is 24.3 Å². The zero-order valence-corrected chi connectivity index (χ0v) is 13.0. The summed E-state index contributed by atoms with van der Waals surface area (Å²) >= 11 is 0. The van der Waals surface area contributed by atoms with Gasteiger partial charge in [0.05, 0.1) is 6.54 Å². The third kappa shape index (κ3) is 2.75. The summed E-state index contributed by atoms with van der Waals surface area (Å²) in [6, 6.07) is 14.7. The van der Waals surface area contributed by atoms with E-state index >= 15 is 0 Å². The second-order valence-corrected chi connectivity index (χ2v) is 5.90. The fourth-order valence-electron chi connectivity index (χ4n) is 3.23. The molecule has 2 heterocycles. The molecule has 5 heteroatoms. The first-order chi connectivity index (χ1) is 11.3. The molecular weight excluding hydrogens is 288 g/mol. The number of rotatable bonds is 4. The number of hydrogen-bond donors (Lipinski definition) is 0. The van der Waals surface area contributed by atoms with Crippen molar-refractivity contribution in [3.63, 3.8) is 0 Å². The van der Waals surface area contributed by atoms with Crippen LogP contribution in [0.4, 0.5) is 0 Å². The molecule has 0 N–H and O–H groups in total. The lowest BCUT2D eigenvalue weighted by Crippen LogP contribution is -2.22. The maximum atomic E-state index is 5.39. The molecule has 3 aromatic rings. The second kappa shape index (κ2) is 5.93. The summed E-state index contributed by atoms with van der Waals surface area (Å²) in [5, 5.41) is 4.04. The van der Waals surface area contributed by atoms with Crippen LogP contribution in [0.2, 0.25) is 0 Å². The van der Waals surface area contributed by atoms with Crippen molar-refractivity contribution in [1.29, 1.82) is 0 Å². The lowest BCUT2D eigenvalue weighted by molar-refractivity contribution is 0.204. The van der Waals surface area contributed by atoms with Crippen molar-refractivity contribution in [2.75, 3.05) is 7.05 Å². The molecule has 1 atom stereocenters. The Balaban J connectivity index is 1.50. The Hall–Kier alpha value is -2.53. The van der Waals surface area contributed by atoms with E-state index in [-0.39, 0.29) is 0 Å². The van der Waals surface area contributed by atoms with Crippen LogP contribution in [0.25, 0.3) is 11.5 Å². The van der Waals surface area contributed by atoms with Gasteiger partial charge in [0.25, 0.3) is 0 Å². The monoisotopic (exact) mass is 306 g/mol. The minimum Gasteiger partial charge on any atom is -0.337 e. The summed E-state index contributed by atoms with van der Waals surface area (Å²) in [7, 11) is 2.11. The van der Waals surface area contributed by atoms with Crippen molar-refractivity contribution in [2.45, 2.75) is 25.4 Å². The molecule has 5 nitrogen and oxygen atoms in total. The van der Waals surface area contributed by atoms with Crippen molar-refractivity contribution in [3.05, 3.63) is 65.7 Å². The fraction of sp³-hybridized carbons (Fsp3) is 0.278. The van der Waals surface area contributed by atoms with E-state index in [1.807, 2.05) is 18.2 Å². The number of aromatic nitrogens is 3. The van der Waals surface area contributed by atoms with Crippen LogP contribution in [-0.4, -0.2) is 27.1 Å². The zero-order chi connectivity index (χ0) is 15.6. The molecule has 0 saturated heterocycles. The van der Waals surface area contributed by atoms with Gasteiger partial charge in [0.15, 0.2) is 0 Å². The molecule has 4 rings (SSSR count). The van der Waals surface area contributed by atoms with Gasteiger partial charge in [-0.15, -0.1) is 0 Å². The maximum Gasteiger partial charge on any atom is 0.241 e. The highest BCUT2D eigenvalue weighted by Crippen LogP contribution is 2.35. The van der Waals surface area contributed by atoms with E-state index in [1.165, 1.54) is 11.1 Å². The van der Waals surface area contributed by atoms with Crippen LogP contribution in [-0.2, 0) is 13.0 Å². The molecule has 2 aromatic heterocycles. The molecule has 1 aromatic carbocycles. The Labute approximate surface area is 135 Å². The van der Waals surface area contributed by atoms with Gasteiger partial charge in [-0.2, -0.15) is 4.98 Å². The Morgan fingerprint density at radius 1 is 1.17 bits per heavy atom. The first-order valence-corrected chi connectivity index (χ1v) is 7.83. The van der Waals surface area contributed by atoms with Gasteiger partial charge in [0.2, 0.25) is 11.7 Å². The smallest absolute Gasteiger partial charge is 0.241 e. The number of nitrogens with zero attached hydrogens (tertiary/aromatic N) is 4. The third-order valence-corrected chi connectivity index (χ3v) is 4.38. The molecule has 23 heavy (non-hydrogen) atoms. The third-order valence-electron chi connectivity index (χ3n) is 4.38. The van der Waals surface area contributed by atoms with Gasteiger partial charge in [0, 0.05) is 12.2 Å². The number of pyridine rings is 1. The highest BCUT2D eigenvalue weighted by molar-refractivity contribution is 5.47. The molecule has 0 bridgehead atoms. The van der Waals surface area contributed by atoms with Crippen molar-refractivity contribution in [2.24, 2.45) is 0 Å². The number of benzene rings is 1. The van der Waals surface area contributed by atoms with E-state index in [4.69, 9.17) is 4.52 Å². The minimum absolute atomic E-state index is 0.413. The van der Waals surface area contributed by atoms with Crippen LogP contribution in [0.3, 0.4) is 0 Å². The van der Waals surface area contributed by atoms with Crippen LogP contribution >= 0.6 is 0 Å². The van der Waals surface area contributed by atoms with Gasteiger partial charge >= 0.3 is 0 Å². The normalized spacial score (nSPS) is 16.7. The number of aryl methyl sites for hydroxylation is 1. The molecule has 116 valence electrons. The summed E-state index contributed by atoms with van der Waals surface area (Å²) in [5.74, 6) is 1.17. The average Bonchev–Trinajstić information content (AvgIpc) is 3.22. The predicted molar refractivity (Wildman–Crippen MR) is 86.5 cm³/mol. The molecule has 0 amide bonds. The fourth-order valence-corrected chi connectivity index (χ4v) is 3.23. The van der Waals surface area contributed by atoms with Crippen LogP contribution < -0.4 is 0 Å². The Bertz CT molecular complexity index is 800. The van der Waals surface area contributed by atoms with Crippen molar-refractivity contribution in [1.82, 2.24) is 20.0 Å². The zero-order valence-electron chi connectivity index (χ0n) is 13.0. The summed E-state index contributed by atoms with van der Waals surface area (Å²) in [6.07, 6.45) is 4.00. The summed E-state index contributed by atoms with van der Waals surface area (Å²) < 4.78 is 5.39. The number of hydrogen-bond acceptors (Lipinski definition) is 5. The summed E-state index contributed by atoms with van der Waals surface area (Å²) in [4.78, 5) is 11.0. The quantitative estimate of drug-likeness (QED) is 0.740. The number of fused-ring (bicyclic) bond motifs is 1. The lowest BCUT2D eigenvalue weighted by Gasteiger charge is -2.23. The van der Waals surface area contributed by atoms with Gasteiger partial charge < -0.3 is 4.52 Å². The molecule has 1 aliphatic carbocycles. The van der Waals surface area contributed by atoms with Crippen molar-refractivity contribution < 1.29 is 4.52 Å². The van der Waals surface area contributed by atoms with Crippen LogP contribution in [0.15, 0.2) is 53.2 Å². The first kappa shape index (κ1) is 14.1. The molecule has 0 spiro atoms. The molecule has 0 radical (unpaired) electrons. The highest BCUT2D eigenvalue weighted by Gasteiger charge is 2.26. The Morgan fingerprint density at radius 3 is 2.91 bits per heavy atom. The SMILES string of the molecule is CN(Cc1nc(-c2ccccn2)no1)[C@@H]1CCc2ccccc21. The lowest BCUT2D eigenvalue weighted by atomic mass is 10.1. The Kier molecular flexibility index (Phi) is 3.63. The van der Waals surface area contributed by atoms with E-state index in [9.17, 15) is 0 Å². The van der Waals surface area contributed by atoms with Crippen LogP contribution in [0, 0.1) is 0 Å². The van der Waals surface area contributed by atoms with Crippen LogP contribution in [0.1, 0.15) is 29.5 Å². The second-order valence-electron chi connectivity index (χ2n) is 5.90. The Morgan fingerprint density at radius 2 is 2.04 bits per heavy atom. The van der Waals surface area contributed by atoms with Gasteiger partial charge in [-0.1, -0.05) is 35.5 Å². The molecule has 0 fully saturated rings. The van der Waals surface area contributed by atoms with Gasteiger partial charge in [0.1, 0.15) is 5.69 Å². The molecule has 1 aliphatic rings. The molecular formula is C18H18N4O. The van der Waals surface area contributed by atoms with Crippen molar-refractivity contribution in [3.8, 4) is 11.5 Å². The average molecular weight is 306 g/mol. The molecule has 0 unspecified atom stereocenters. The topological polar surface area (TPSA) is 55.1 Å². The predicted octanol–water partition coefficient (Wildman–Crippen LogP) is 3.25. The van der Waals surface area contributed by atoms with Gasteiger partial charge in [-0.05, 0) is 43.1 Å². The first-order valence-electron chi connectivity index (χ1n) is 7.83. The molecule has 0 aliphatic heterocycles. The summed E-state index contributed by atoms with van der Waals surface area (Å²) in [5.41, 5.74) is 3.60. The summed E-state index contributed by atoms with van der Waals surface area (Å²) in [6.45, 7) is 0.638. The van der Waals surface area contributed by atoms with Gasteiger partial charge in [-0.25, -0.2) is 0 Å². The van der Waals surface area contributed by atoms with E-state index in [1.54, 1.807) is 6.20 Å². The maximum absolute atomic E-state index is 5.39. The van der Waals surface area contributed by atoms with Crippen LogP contribution in [0.5, 0.6) is 0 Å². The highest BCUT2D eigenvalue weighted by atomic mass is 16.5. The van der Waals surface area contributed by atoms with E-state index < -0.39 is 0 Å². The minimum atomic E-state index is 0.413. The largest absolute Gasteiger partial charge is 0.337 e. The van der Waals surface area contributed by atoms with E-state index in [2.05, 4.69) is 51.3 Å². The van der Waals surface area contributed by atoms with Crippen molar-refractivity contribution >= 4 is 0 Å². The standard InChI is InChI=1S/C18H18N4O/c1-22(16-10-9-13-6-2-3-7-14(13)16)12-17-20-18(21-23-17)15-8-4-5-11-19-15/h2-8,11,16H,9-10,12H2,1H3/t16-/m1/s1.